The first-order valence-corrected chi connectivity index (χ1v) is 19.6. The van der Waals surface area contributed by atoms with E-state index in [0.717, 1.165) is 88.5 Å². The van der Waals surface area contributed by atoms with Crippen molar-refractivity contribution in [3.8, 4) is 44.9 Å². The summed E-state index contributed by atoms with van der Waals surface area (Å²) in [5.74, 6) is 0. The van der Waals surface area contributed by atoms with Crippen LogP contribution >= 0.6 is 0 Å². The van der Waals surface area contributed by atoms with Crippen LogP contribution in [0.25, 0.3) is 121 Å². The summed E-state index contributed by atoms with van der Waals surface area (Å²) in [6, 6.07) is 66.8. The smallest absolute Gasteiger partial charge is 0.0972 e. The van der Waals surface area contributed by atoms with Crippen LogP contribution in [-0.2, 0) is 0 Å². The minimum absolute atomic E-state index is 0.919. The topological polar surface area (TPSA) is 51.6 Å². The quantitative estimate of drug-likeness (QED) is 0.169. The lowest BCUT2D eigenvalue weighted by Crippen LogP contribution is -1.90. The van der Waals surface area contributed by atoms with Crippen LogP contribution in [0.5, 0.6) is 0 Å². The van der Waals surface area contributed by atoms with Gasteiger partial charge in [0.05, 0.1) is 39.1 Å². The molecule has 0 aliphatic rings. The number of hydrogen-bond donors (Lipinski definition) is 0. The molecule has 58 heavy (non-hydrogen) atoms. The highest BCUT2D eigenvalue weighted by Gasteiger charge is 2.12. The number of nitrogens with zero attached hydrogens (tertiary/aromatic N) is 4. The number of fused-ring (bicyclic) bond motifs is 11. The lowest BCUT2D eigenvalue weighted by molar-refractivity contribution is 1.36. The molecule has 268 valence electrons. The fourth-order valence-electron chi connectivity index (χ4n) is 8.69. The van der Waals surface area contributed by atoms with Gasteiger partial charge in [0.15, 0.2) is 0 Å². The van der Waals surface area contributed by atoms with Crippen molar-refractivity contribution in [3.63, 3.8) is 0 Å². The van der Waals surface area contributed by atoms with Gasteiger partial charge in [-0.05, 0) is 92.0 Å². The third-order valence-electron chi connectivity index (χ3n) is 11.7. The Balaban J connectivity index is 0.848. The van der Waals surface area contributed by atoms with Gasteiger partial charge >= 0.3 is 0 Å². The van der Waals surface area contributed by atoms with Gasteiger partial charge in [-0.3, -0.25) is 4.98 Å². The van der Waals surface area contributed by atoms with E-state index in [9.17, 15) is 0 Å². The standard InChI is InChI=1S/C54H32N4/c1-2-9-44-42(7-1)43-8-3-4-10-45(43)47-31-41(19-24-46(44)47)51-28-23-40-30-38(22-27-50(40)56-51)39-18-15-35-20-25-48(57-52(35)32-39)33-11-13-34(14-12-33)49-26-21-37-17-16-36-6-5-29-55-53(36)54(37)58-49/h1-32H. The van der Waals surface area contributed by atoms with Crippen LogP contribution in [0.3, 0.4) is 0 Å². The Labute approximate surface area is 333 Å². The van der Waals surface area contributed by atoms with Crippen LogP contribution in [0.15, 0.2) is 194 Å². The molecule has 0 N–H and O–H groups in total. The van der Waals surface area contributed by atoms with Gasteiger partial charge in [0.1, 0.15) is 0 Å². The lowest BCUT2D eigenvalue weighted by atomic mass is 9.93. The van der Waals surface area contributed by atoms with Gasteiger partial charge < -0.3 is 0 Å². The second-order valence-corrected chi connectivity index (χ2v) is 15.0. The molecule has 4 nitrogen and oxygen atoms in total. The molecule has 8 aromatic carbocycles. The highest BCUT2D eigenvalue weighted by Crippen LogP contribution is 2.38. The first kappa shape index (κ1) is 32.4. The molecule has 12 aromatic rings. The molecule has 0 spiro atoms. The fourth-order valence-corrected chi connectivity index (χ4v) is 8.69. The molecule has 0 saturated heterocycles. The average molecular weight is 737 g/mol. The zero-order chi connectivity index (χ0) is 38.2. The van der Waals surface area contributed by atoms with E-state index in [-0.39, 0.29) is 0 Å². The van der Waals surface area contributed by atoms with Crippen molar-refractivity contribution in [2.75, 3.05) is 0 Å². The molecule has 4 aromatic heterocycles. The monoisotopic (exact) mass is 736 g/mol. The number of aromatic nitrogens is 4. The summed E-state index contributed by atoms with van der Waals surface area (Å²) >= 11 is 0. The summed E-state index contributed by atoms with van der Waals surface area (Å²) in [5.41, 5.74) is 12.1. The van der Waals surface area contributed by atoms with Crippen LogP contribution in [0.2, 0.25) is 0 Å². The van der Waals surface area contributed by atoms with Crippen molar-refractivity contribution in [3.05, 3.63) is 194 Å². The summed E-state index contributed by atoms with van der Waals surface area (Å²) in [7, 11) is 0. The predicted octanol–water partition coefficient (Wildman–Crippen LogP) is 14.0. The predicted molar refractivity (Wildman–Crippen MR) is 242 cm³/mol. The van der Waals surface area contributed by atoms with Gasteiger partial charge in [0, 0.05) is 44.4 Å². The third-order valence-corrected chi connectivity index (χ3v) is 11.7. The van der Waals surface area contributed by atoms with Crippen molar-refractivity contribution in [1.29, 1.82) is 0 Å². The molecule has 0 aliphatic carbocycles. The van der Waals surface area contributed by atoms with Crippen LogP contribution in [-0.4, -0.2) is 19.9 Å². The molecular formula is C54H32N4. The van der Waals surface area contributed by atoms with E-state index in [0.29, 0.717) is 0 Å². The molecule has 0 saturated carbocycles. The fraction of sp³-hybridized carbons (Fsp3) is 0. The summed E-state index contributed by atoms with van der Waals surface area (Å²) < 4.78 is 0. The van der Waals surface area contributed by atoms with Crippen molar-refractivity contribution < 1.29 is 0 Å². The zero-order valence-corrected chi connectivity index (χ0v) is 31.3. The first-order chi connectivity index (χ1) is 28.7. The van der Waals surface area contributed by atoms with Crippen molar-refractivity contribution in [2.24, 2.45) is 0 Å². The molecule has 0 radical (unpaired) electrons. The van der Waals surface area contributed by atoms with Crippen molar-refractivity contribution >= 4 is 75.9 Å². The van der Waals surface area contributed by atoms with Gasteiger partial charge in [-0.2, -0.15) is 0 Å². The Bertz CT molecular complexity index is 3590. The molecule has 0 amide bonds. The number of rotatable bonds is 4. The third kappa shape index (κ3) is 5.31. The maximum Gasteiger partial charge on any atom is 0.0972 e. The van der Waals surface area contributed by atoms with E-state index in [1.807, 2.05) is 12.3 Å². The second-order valence-electron chi connectivity index (χ2n) is 15.0. The summed E-state index contributed by atoms with van der Waals surface area (Å²) in [6.45, 7) is 0. The molecular weight excluding hydrogens is 705 g/mol. The molecule has 0 fully saturated rings. The molecule has 4 heteroatoms. The Kier molecular flexibility index (Phi) is 7.20. The SMILES string of the molecule is c1cnc2c(c1)ccc1ccc(-c3ccc(-c4ccc5ccc(-c6ccc7nc(-c8ccc9c%10ccccc%10c%10ccccc%10c9c8)ccc7c6)cc5n4)cc3)nc12. The maximum atomic E-state index is 5.16. The largest absolute Gasteiger partial charge is 0.254 e. The highest BCUT2D eigenvalue weighted by molar-refractivity contribution is 6.25. The Morgan fingerprint density at radius 2 is 0.759 bits per heavy atom. The minimum Gasteiger partial charge on any atom is -0.254 e. The maximum absolute atomic E-state index is 5.16. The van der Waals surface area contributed by atoms with E-state index in [1.54, 1.807) is 0 Å². The number of benzene rings is 8. The Morgan fingerprint density at radius 1 is 0.259 bits per heavy atom. The molecule has 0 aliphatic heterocycles. The molecule has 4 heterocycles. The summed E-state index contributed by atoms with van der Waals surface area (Å²) in [4.78, 5) is 20.0. The summed E-state index contributed by atoms with van der Waals surface area (Å²) in [6.07, 6.45) is 1.83. The van der Waals surface area contributed by atoms with Crippen LogP contribution < -0.4 is 0 Å². The van der Waals surface area contributed by atoms with Crippen LogP contribution in [0.1, 0.15) is 0 Å². The van der Waals surface area contributed by atoms with E-state index in [1.165, 1.54) is 32.3 Å². The van der Waals surface area contributed by atoms with Gasteiger partial charge in [0.25, 0.3) is 0 Å². The van der Waals surface area contributed by atoms with Crippen LogP contribution in [0.4, 0.5) is 0 Å². The number of hydrogen-bond acceptors (Lipinski definition) is 4. The number of pyridine rings is 4. The molecule has 0 bridgehead atoms. The van der Waals surface area contributed by atoms with Gasteiger partial charge in [0.2, 0.25) is 0 Å². The highest BCUT2D eigenvalue weighted by atomic mass is 14.8. The normalized spacial score (nSPS) is 11.8. The molecule has 12 rings (SSSR count). The first-order valence-electron chi connectivity index (χ1n) is 19.6. The average Bonchev–Trinajstić information content (AvgIpc) is 3.30. The van der Waals surface area contributed by atoms with Crippen molar-refractivity contribution in [2.45, 2.75) is 0 Å². The second kappa shape index (κ2) is 12.9. The van der Waals surface area contributed by atoms with E-state index < -0.39 is 0 Å². The lowest BCUT2D eigenvalue weighted by Gasteiger charge is -2.12. The summed E-state index contributed by atoms with van der Waals surface area (Å²) in [5, 5.41) is 12.0. The van der Waals surface area contributed by atoms with Crippen molar-refractivity contribution in [1.82, 2.24) is 19.9 Å². The minimum atomic E-state index is 0.919. The Morgan fingerprint density at radius 3 is 1.50 bits per heavy atom. The molecule has 0 unspecified atom stereocenters. The van der Waals surface area contributed by atoms with E-state index in [4.69, 9.17) is 15.0 Å². The Hall–Kier alpha value is -7.82. The van der Waals surface area contributed by atoms with Gasteiger partial charge in [-0.1, -0.05) is 140 Å². The van der Waals surface area contributed by atoms with Crippen LogP contribution in [0, 0.1) is 0 Å². The zero-order valence-electron chi connectivity index (χ0n) is 31.3. The van der Waals surface area contributed by atoms with E-state index in [2.05, 4.69) is 187 Å². The van der Waals surface area contributed by atoms with Gasteiger partial charge in [-0.15, -0.1) is 0 Å². The van der Waals surface area contributed by atoms with Gasteiger partial charge in [-0.25, -0.2) is 15.0 Å². The van der Waals surface area contributed by atoms with E-state index >= 15 is 0 Å². The molecule has 0 atom stereocenters.